The van der Waals surface area contributed by atoms with E-state index in [0.717, 1.165) is 16.7 Å². The molecule has 0 amide bonds. The molecule has 5 aromatic rings. The smallest absolute Gasteiger partial charge is 0.263 e. The van der Waals surface area contributed by atoms with Gasteiger partial charge in [-0.2, -0.15) is 0 Å². The fraction of sp³-hybridized carbons (Fsp3) is 0.0909. The number of aromatic nitrogens is 4. The fourth-order valence-corrected chi connectivity index (χ4v) is 4.96. The Bertz CT molecular complexity index is 1430. The number of nitrogens with zero attached hydrogens (tertiary/aromatic N) is 4. The van der Waals surface area contributed by atoms with Crippen molar-refractivity contribution in [1.29, 1.82) is 0 Å². The quantitative estimate of drug-likeness (QED) is 0.273. The minimum Gasteiger partial charge on any atom is -0.420 e. The van der Waals surface area contributed by atoms with Crippen LogP contribution in [0.1, 0.15) is 5.89 Å². The van der Waals surface area contributed by atoms with Crippen LogP contribution in [0, 0.1) is 5.82 Å². The van der Waals surface area contributed by atoms with Crippen molar-refractivity contribution in [3.8, 4) is 22.6 Å². The predicted octanol–water partition coefficient (Wildman–Crippen LogP) is 5.14. The van der Waals surface area contributed by atoms with Crippen molar-refractivity contribution in [2.24, 2.45) is 7.05 Å². The average Bonchev–Trinajstić information content (AvgIpc) is 3.44. The third-order valence-electron chi connectivity index (χ3n) is 4.74. The summed E-state index contributed by atoms with van der Waals surface area (Å²) in [5.41, 5.74) is 2.24. The highest BCUT2D eigenvalue weighted by Gasteiger charge is 2.17. The van der Waals surface area contributed by atoms with Crippen LogP contribution in [0.4, 0.5) is 4.39 Å². The molecule has 0 aliphatic rings. The van der Waals surface area contributed by atoms with Crippen LogP contribution in [0.25, 0.3) is 32.8 Å². The van der Waals surface area contributed by atoms with Crippen molar-refractivity contribution in [1.82, 2.24) is 19.7 Å². The lowest BCUT2D eigenvalue weighted by molar-refractivity contribution is 0.528. The first-order valence-electron chi connectivity index (χ1n) is 9.35. The molecule has 0 bridgehead atoms. The third kappa shape index (κ3) is 3.77. The maximum Gasteiger partial charge on any atom is 0.263 e. The molecule has 154 valence electrons. The normalized spacial score (nSPS) is 11.3. The topological polar surface area (TPSA) is 73.8 Å². The van der Waals surface area contributed by atoms with Crippen LogP contribution in [-0.4, -0.2) is 19.7 Å². The highest BCUT2D eigenvalue weighted by atomic mass is 32.2. The summed E-state index contributed by atoms with van der Waals surface area (Å²) < 4.78 is 20.5. The van der Waals surface area contributed by atoms with Crippen LogP contribution in [-0.2, 0) is 12.8 Å². The SMILES string of the molecule is Cn1c(SCc2nnc(-c3ccccc3)o2)nc2scc(-c3ccc(F)cc3)c2c1=O. The molecule has 2 aromatic carbocycles. The fourth-order valence-electron chi connectivity index (χ4n) is 3.16. The highest BCUT2D eigenvalue weighted by molar-refractivity contribution is 7.98. The molecule has 0 saturated carbocycles. The maximum atomic E-state index is 13.3. The minimum atomic E-state index is -0.315. The molecule has 5 rings (SSSR count). The van der Waals surface area contributed by atoms with Crippen LogP contribution in [0.5, 0.6) is 0 Å². The summed E-state index contributed by atoms with van der Waals surface area (Å²) in [5, 5.41) is 11.2. The predicted molar refractivity (Wildman–Crippen MR) is 120 cm³/mol. The van der Waals surface area contributed by atoms with Crippen molar-refractivity contribution in [3.63, 3.8) is 0 Å². The molecule has 3 heterocycles. The molecule has 0 atom stereocenters. The lowest BCUT2D eigenvalue weighted by Crippen LogP contribution is -2.19. The summed E-state index contributed by atoms with van der Waals surface area (Å²) in [5.74, 6) is 0.985. The van der Waals surface area contributed by atoms with E-state index in [2.05, 4.69) is 15.2 Å². The van der Waals surface area contributed by atoms with Gasteiger partial charge in [0.1, 0.15) is 10.6 Å². The van der Waals surface area contributed by atoms with Crippen LogP contribution < -0.4 is 5.56 Å². The maximum absolute atomic E-state index is 13.3. The highest BCUT2D eigenvalue weighted by Crippen LogP contribution is 2.32. The molecule has 0 aliphatic heterocycles. The van der Waals surface area contributed by atoms with Crippen LogP contribution in [0.2, 0.25) is 0 Å². The summed E-state index contributed by atoms with van der Waals surface area (Å²) in [6.45, 7) is 0. The van der Waals surface area contributed by atoms with Crippen molar-refractivity contribution >= 4 is 33.3 Å². The lowest BCUT2D eigenvalue weighted by atomic mass is 10.1. The first-order valence-corrected chi connectivity index (χ1v) is 11.2. The van der Waals surface area contributed by atoms with Gasteiger partial charge >= 0.3 is 0 Å². The van der Waals surface area contributed by atoms with Gasteiger partial charge in [0, 0.05) is 23.6 Å². The molecule has 0 N–H and O–H groups in total. The van der Waals surface area contributed by atoms with Gasteiger partial charge in [-0.25, -0.2) is 9.37 Å². The van der Waals surface area contributed by atoms with Gasteiger partial charge < -0.3 is 4.42 Å². The summed E-state index contributed by atoms with van der Waals surface area (Å²) in [6.07, 6.45) is 0. The Morgan fingerprint density at radius 1 is 1.06 bits per heavy atom. The van der Waals surface area contributed by atoms with Gasteiger partial charge in [-0.05, 0) is 29.8 Å². The monoisotopic (exact) mass is 450 g/mol. The number of rotatable bonds is 5. The average molecular weight is 451 g/mol. The molecular formula is C22H15FN4O2S2. The van der Waals surface area contributed by atoms with Gasteiger partial charge in [-0.3, -0.25) is 9.36 Å². The molecule has 0 spiro atoms. The molecule has 0 aliphatic carbocycles. The Morgan fingerprint density at radius 3 is 2.61 bits per heavy atom. The third-order valence-corrected chi connectivity index (χ3v) is 6.63. The number of fused-ring (bicyclic) bond motifs is 1. The van der Waals surface area contributed by atoms with Crippen molar-refractivity contribution in [2.45, 2.75) is 10.9 Å². The molecule has 3 aromatic heterocycles. The number of thiophene rings is 1. The Morgan fingerprint density at radius 2 is 1.84 bits per heavy atom. The zero-order valence-electron chi connectivity index (χ0n) is 16.3. The van der Waals surface area contributed by atoms with Gasteiger partial charge in [0.25, 0.3) is 5.56 Å². The second kappa shape index (κ2) is 8.09. The molecule has 0 radical (unpaired) electrons. The van der Waals surface area contributed by atoms with Gasteiger partial charge in [-0.1, -0.05) is 42.1 Å². The number of thioether (sulfide) groups is 1. The van der Waals surface area contributed by atoms with Gasteiger partial charge in [0.15, 0.2) is 5.16 Å². The Labute approximate surface area is 184 Å². The summed E-state index contributed by atoms with van der Waals surface area (Å²) in [6, 6.07) is 15.6. The van der Waals surface area contributed by atoms with E-state index < -0.39 is 0 Å². The zero-order chi connectivity index (χ0) is 21.4. The van der Waals surface area contributed by atoms with Crippen molar-refractivity contribution < 1.29 is 8.81 Å². The lowest BCUT2D eigenvalue weighted by Gasteiger charge is -2.07. The van der Waals surface area contributed by atoms with E-state index in [1.807, 2.05) is 35.7 Å². The standard InChI is InChI=1S/C22H15FN4O2S2/c1-27-21(28)18-16(13-7-9-15(23)10-8-13)11-30-20(18)24-22(27)31-12-17-25-26-19(29-17)14-5-3-2-4-6-14/h2-11H,12H2,1H3. The number of hydrogen-bond acceptors (Lipinski definition) is 7. The molecular weight excluding hydrogens is 435 g/mol. The first-order chi connectivity index (χ1) is 15.1. The number of hydrogen-bond donors (Lipinski definition) is 0. The minimum absolute atomic E-state index is 0.149. The van der Waals surface area contributed by atoms with Crippen molar-refractivity contribution in [3.05, 3.63) is 82.0 Å². The van der Waals surface area contributed by atoms with E-state index in [-0.39, 0.29) is 11.4 Å². The second-order valence-electron chi connectivity index (χ2n) is 6.75. The van der Waals surface area contributed by atoms with E-state index in [1.54, 1.807) is 19.2 Å². The molecule has 6 nitrogen and oxygen atoms in total. The van der Waals surface area contributed by atoms with Gasteiger partial charge in [-0.15, -0.1) is 21.5 Å². The first kappa shape index (κ1) is 19.7. The number of benzene rings is 2. The molecule has 0 unspecified atom stereocenters. The van der Waals surface area contributed by atoms with Crippen LogP contribution >= 0.6 is 23.1 Å². The van der Waals surface area contributed by atoms with Crippen molar-refractivity contribution in [2.75, 3.05) is 0 Å². The molecule has 9 heteroatoms. The van der Waals surface area contributed by atoms with Crippen LogP contribution in [0.15, 0.2) is 74.3 Å². The Balaban J connectivity index is 1.42. The van der Waals surface area contributed by atoms with E-state index in [9.17, 15) is 9.18 Å². The zero-order valence-corrected chi connectivity index (χ0v) is 17.9. The Hall–Kier alpha value is -3.30. The second-order valence-corrected chi connectivity index (χ2v) is 8.55. The van der Waals surface area contributed by atoms with Gasteiger partial charge in [0.05, 0.1) is 11.1 Å². The summed E-state index contributed by atoms with van der Waals surface area (Å²) >= 11 is 2.75. The molecule has 31 heavy (non-hydrogen) atoms. The van der Waals surface area contributed by atoms with Crippen LogP contribution in [0.3, 0.4) is 0 Å². The largest absolute Gasteiger partial charge is 0.420 e. The number of halogens is 1. The van der Waals surface area contributed by atoms with Gasteiger partial charge in [0.2, 0.25) is 11.8 Å². The van der Waals surface area contributed by atoms with E-state index in [4.69, 9.17) is 4.42 Å². The molecule has 0 saturated heterocycles. The summed E-state index contributed by atoms with van der Waals surface area (Å²) in [4.78, 5) is 18.4. The van der Waals surface area contributed by atoms with E-state index in [0.29, 0.717) is 32.9 Å². The molecule has 0 fully saturated rings. The van der Waals surface area contributed by atoms with E-state index >= 15 is 0 Å². The Kier molecular flexibility index (Phi) is 5.13. The summed E-state index contributed by atoms with van der Waals surface area (Å²) in [7, 11) is 1.69. The van der Waals surface area contributed by atoms with E-state index in [1.165, 1.54) is 39.8 Å².